The Bertz CT molecular complexity index is 211. The molecule has 0 atom stereocenters. The van der Waals surface area contributed by atoms with E-state index >= 15 is 0 Å². The Balaban J connectivity index is 3.11. The van der Waals surface area contributed by atoms with Crippen molar-refractivity contribution < 1.29 is 7.54 Å². The van der Waals surface area contributed by atoms with E-state index in [0.29, 0.717) is 11.2 Å². The lowest BCUT2D eigenvalue weighted by molar-refractivity contribution is 0.112. The van der Waals surface area contributed by atoms with Gasteiger partial charge in [-0.25, -0.2) is 0 Å². The normalized spacial score (nSPS) is 12.6. The highest BCUT2D eigenvalue weighted by molar-refractivity contribution is 7.11. The van der Waals surface area contributed by atoms with Gasteiger partial charge in [-0.15, -0.1) is 11.3 Å². The molecule has 0 N–H and O–H groups in total. The van der Waals surface area contributed by atoms with Gasteiger partial charge >= 0.3 is 0 Å². The van der Waals surface area contributed by atoms with Crippen LogP contribution in [-0.4, -0.2) is 6.29 Å². The van der Waals surface area contributed by atoms with E-state index in [-0.39, 0.29) is 11.4 Å². The van der Waals surface area contributed by atoms with Gasteiger partial charge in [-0.1, -0.05) is 6.04 Å². The maximum Gasteiger partial charge on any atom is 0.159 e. The summed E-state index contributed by atoms with van der Waals surface area (Å²) in [4.78, 5) is 10.5. The monoisotopic (exact) mass is 114 g/mol. The van der Waals surface area contributed by atoms with Crippen LogP contribution in [0.25, 0.3) is 0 Å². The van der Waals surface area contributed by atoms with Crippen molar-refractivity contribution in [1.29, 1.82) is 0 Å². The van der Waals surface area contributed by atoms with Crippen LogP contribution in [0.5, 0.6) is 0 Å². The van der Waals surface area contributed by atoms with E-state index in [9.17, 15) is 4.79 Å². The summed E-state index contributed by atoms with van der Waals surface area (Å²) in [5.41, 5.74) is 0. The highest BCUT2D eigenvalue weighted by Gasteiger charge is 1.82. The zero-order valence-corrected chi connectivity index (χ0v) is 4.29. The summed E-state index contributed by atoms with van der Waals surface area (Å²) in [6.07, 6.45) is 0.654. The number of carbonyl (C=O) groups is 1. The molecule has 0 unspecified atom stereocenters. The fraction of sp³-hybridized carbons (Fsp3) is 0. The average molecular weight is 114 g/mol. The number of thiophene rings is 1. The summed E-state index contributed by atoms with van der Waals surface area (Å²) < 4.78 is 14.0. The summed E-state index contributed by atoms with van der Waals surface area (Å²) in [5, 5.41) is 0.150. The van der Waals surface area contributed by atoms with Crippen molar-refractivity contribution in [3.63, 3.8) is 0 Å². The Kier molecular flexibility index (Phi) is 0.707. The topological polar surface area (TPSA) is 17.1 Å². The molecule has 1 nitrogen and oxygen atoms in total. The third-order valence-corrected chi connectivity index (χ3v) is 1.23. The lowest BCUT2D eigenvalue weighted by Crippen LogP contribution is -1.61. The van der Waals surface area contributed by atoms with E-state index in [1.807, 2.05) is 0 Å². The molecule has 0 aromatic carbocycles. The van der Waals surface area contributed by atoms with E-state index in [1.54, 1.807) is 0 Å². The van der Waals surface area contributed by atoms with Gasteiger partial charge in [0.2, 0.25) is 0 Å². The van der Waals surface area contributed by atoms with E-state index in [4.69, 9.17) is 2.74 Å². The molecule has 0 radical (unpaired) electrons. The van der Waals surface area contributed by atoms with Crippen LogP contribution in [0.1, 0.15) is 12.4 Å². The lowest BCUT2D eigenvalue weighted by Gasteiger charge is -1.66. The summed E-state index contributed by atoms with van der Waals surface area (Å²) in [6, 6.07) is 1.52. The van der Waals surface area contributed by atoms with Crippen molar-refractivity contribution in [2.75, 3.05) is 0 Å². The standard InChI is InChI=1S/C5H4OS/c6-4-5-2-1-3-7-5/h1-4H/i1D,3D. The smallest absolute Gasteiger partial charge is 0.159 e. The molecule has 1 rings (SSSR count). The van der Waals surface area contributed by atoms with Gasteiger partial charge in [0, 0.05) is 0 Å². The van der Waals surface area contributed by atoms with Crippen LogP contribution in [-0.2, 0) is 0 Å². The quantitative estimate of drug-likeness (QED) is 0.506. The molecular formula is C5H4OS. The minimum atomic E-state index is 0.127. The van der Waals surface area contributed by atoms with Crippen molar-refractivity contribution in [3.8, 4) is 0 Å². The molecule has 0 fully saturated rings. The van der Waals surface area contributed by atoms with Gasteiger partial charge in [0.15, 0.2) is 6.29 Å². The van der Waals surface area contributed by atoms with E-state index < -0.39 is 0 Å². The molecule has 0 aliphatic carbocycles. The molecule has 0 saturated heterocycles. The summed E-state index contributed by atoms with van der Waals surface area (Å²) in [6.45, 7) is 0. The van der Waals surface area contributed by atoms with Crippen molar-refractivity contribution in [3.05, 3.63) is 22.3 Å². The zero-order valence-electron chi connectivity index (χ0n) is 5.47. The van der Waals surface area contributed by atoms with E-state index in [2.05, 4.69) is 0 Å². The van der Waals surface area contributed by atoms with Crippen molar-refractivity contribution >= 4 is 17.6 Å². The second kappa shape index (κ2) is 1.89. The Morgan fingerprint density at radius 2 is 2.86 bits per heavy atom. The number of aldehydes is 1. The maximum atomic E-state index is 10.0. The fourth-order valence-corrected chi connectivity index (χ4v) is 0.678. The van der Waals surface area contributed by atoms with Crippen LogP contribution in [0.15, 0.2) is 17.5 Å². The first kappa shape index (κ1) is 2.62. The predicted molar refractivity (Wildman–Crippen MR) is 29.7 cm³/mol. The van der Waals surface area contributed by atoms with E-state index in [1.165, 1.54) is 6.07 Å². The molecule has 1 heterocycles. The van der Waals surface area contributed by atoms with Gasteiger partial charge in [-0.05, 0) is 11.4 Å². The molecule has 36 valence electrons. The zero-order chi connectivity index (χ0) is 6.85. The number of rotatable bonds is 1. The highest BCUT2D eigenvalue weighted by atomic mass is 32.1. The first-order valence-corrected chi connectivity index (χ1v) is 2.58. The fourth-order valence-electron chi connectivity index (χ4n) is 0.277. The second-order valence-corrected chi connectivity index (χ2v) is 1.89. The predicted octanol–water partition coefficient (Wildman–Crippen LogP) is 1.56. The number of carbonyl (C=O) groups excluding carboxylic acids is 1. The van der Waals surface area contributed by atoms with Crippen LogP contribution in [0.3, 0.4) is 0 Å². The Morgan fingerprint density at radius 3 is 3.14 bits per heavy atom. The van der Waals surface area contributed by atoms with Gasteiger partial charge in [-0.2, -0.15) is 0 Å². The number of hydrogen-bond acceptors (Lipinski definition) is 2. The minimum absolute atomic E-state index is 0.127. The molecule has 0 aliphatic rings. The first-order valence-electron chi connectivity index (χ1n) is 2.76. The molecule has 2 heteroatoms. The van der Waals surface area contributed by atoms with E-state index in [0.717, 1.165) is 11.3 Å². The molecular weight excluding hydrogens is 108 g/mol. The van der Waals surface area contributed by atoms with Crippen molar-refractivity contribution in [2.45, 2.75) is 0 Å². The van der Waals surface area contributed by atoms with Crippen LogP contribution in [0.2, 0.25) is 0 Å². The van der Waals surface area contributed by atoms with Crippen LogP contribution in [0.4, 0.5) is 0 Å². The van der Waals surface area contributed by atoms with Gasteiger partial charge in [-0.3, -0.25) is 4.79 Å². The molecule has 1 aromatic rings. The Hall–Kier alpha value is -0.630. The van der Waals surface area contributed by atoms with Crippen LogP contribution in [0, 0.1) is 0 Å². The molecule has 0 saturated carbocycles. The third-order valence-electron chi connectivity index (χ3n) is 0.558. The average Bonchev–Trinajstić information content (AvgIpc) is 2.13. The summed E-state index contributed by atoms with van der Waals surface area (Å²) in [7, 11) is 0. The minimum Gasteiger partial charge on any atom is -0.297 e. The molecule has 0 spiro atoms. The summed E-state index contributed by atoms with van der Waals surface area (Å²) in [5.74, 6) is 0. The number of hydrogen-bond donors (Lipinski definition) is 0. The van der Waals surface area contributed by atoms with Gasteiger partial charge < -0.3 is 0 Å². The maximum absolute atomic E-state index is 10.0. The summed E-state index contributed by atoms with van der Waals surface area (Å²) >= 11 is 1.03. The third kappa shape index (κ3) is 0.871. The van der Waals surface area contributed by atoms with Crippen LogP contribution < -0.4 is 0 Å². The lowest BCUT2D eigenvalue weighted by atomic mass is 10.5. The second-order valence-electron chi connectivity index (χ2n) is 1.01. The first-order chi connectivity index (χ1) is 4.24. The molecule has 0 aliphatic heterocycles. The molecule has 7 heavy (non-hydrogen) atoms. The SMILES string of the molecule is [2H]c1cc(C=O)sc1[2H]. The van der Waals surface area contributed by atoms with Crippen molar-refractivity contribution in [1.82, 2.24) is 0 Å². The van der Waals surface area contributed by atoms with Gasteiger partial charge in [0.1, 0.15) is 0 Å². The molecule has 0 amide bonds. The van der Waals surface area contributed by atoms with Crippen molar-refractivity contribution in [2.24, 2.45) is 0 Å². The highest BCUT2D eigenvalue weighted by Crippen LogP contribution is 2.02. The Morgan fingerprint density at radius 1 is 2.00 bits per heavy atom. The molecule has 1 aromatic heterocycles. The van der Waals surface area contributed by atoms with Gasteiger partial charge in [0.05, 0.1) is 7.62 Å². The van der Waals surface area contributed by atoms with Gasteiger partial charge in [0.25, 0.3) is 0 Å². The largest absolute Gasteiger partial charge is 0.297 e. The Labute approximate surface area is 48.4 Å². The molecule has 0 bridgehead atoms. The van der Waals surface area contributed by atoms with Crippen LogP contribution >= 0.6 is 11.3 Å².